The summed E-state index contributed by atoms with van der Waals surface area (Å²) in [6.45, 7) is 7.95. The SMILES string of the molecule is [CH2-]COCCCOCCCC(=O)NC1CCC(C(=O)CC)CC1.[K+]. The summed E-state index contributed by atoms with van der Waals surface area (Å²) in [4.78, 5) is 23.6. The monoisotopic (exact) mass is 365 g/mol. The van der Waals surface area contributed by atoms with Crippen molar-refractivity contribution in [1.82, 2.24) is 5.32 Å². The molecular weight excluding hydrogens is 333 g/mol. The maximum Gasteiger partial charge on any atom is 1.00 e. The van der Waals surface area contributed by atoms with E-state index < -0.39 is 0 Å². The van der Waals surface area contributed by atoms with Crippen molar-refractivity contribution in [2.45, 2.75) is 64.3 Å². The third kappa shape index (κ3) is 11.3. The third-order valence-corrected chi connectivity index (χ3v) is 4.31. The van der Waals surface area contributed by atoms with E-state index in [0.29, 0.717) is 45.1 Å². The zero-order valence-electron chi connectivity index (χ0n) is 15.5. The molecule has 134 valence electrons. The third-order valence-electron chi connectivity index (χ3n) is 4.31. The van der Waals surface area contributed by atoms with Gasteiger partial charge in [0.1, 0.15) is 5.78 Å². The fourth-order valence-corrected chi connectivity index (χ4v) is 2.95. The normalized spacial score (nSPS) is 20.2. The van der Waals surface area contributed by atoms with Gasteiger partial charge in [-0.05, 0) is 38.5 Å². The predicted molar refractivity (Wildman–Crippen MR) is 90.0 cm³/mol. The number of Topliss-reactive ketones (excluding diaryl/α,β-unsaturated/α-hetero) is 1. The number of ether oxygens (including phenoxy) is 2. The second-order valence-corrected chi connectivity index (χ2v) is 6.12. The van der Waals surface area contributed by atoms with Crippen LogP contribution in [0.3, 0.4) is 0 Å². The number of amides is 1. The van der Waals surface area contributed by atoms with Gasteiger partial charge in [-0.15, -0.1) is 0 Å². The maximum atomic E-state index is 11.9. The van der Waals surface area contributed by atoms with Crippen LogP contribution in [-0.2, 0) is 19.1 Å². The Labute approximate surface area is 189 Å². The molecule has 0 bridgehead atoms. The summed E-state index contributed by atoms with van der Waals surface area (Å²) in [6, 6.07) is 0.240. The van der Waals surface area contributed by atoms with Gasteiger partial charge in [-0.1, -0.05) is 13.5 Å². The van der Waals surface area contributed by atoms with Crippen molar-refractivity contribution in [2.24, 2.45) is 5.92 Å². The fraction of sp³-hybridized carbons (Fsp3) is 0.833. The van der Waals surface area contributed by atoms with Crippen LogP contribution < -0.4 is 56.7 Å². The molecule has 6 heteroatoms. The molecule has 1 N–H and O–H groups in total. The number of ketones is 1. The molecule has 0 saturated heterocycles. The van der Waals surface area contributed by atoms with Gasteiger partial charge in [-0.3, -0.25) is 9.59 Å². The van der Waals surface area contributed by atoms with Crippen molar-refractivity contribution in [1.29, 1.82) is 0 Å². The van der Waals surface area contributed by atoms with Gasteiger partial charge < -0.3 is 21.7 Å². The van der Waals surface area contributed by atoms with Crippen molar-refractivity contribution in [3.8, 4) is 0 Å². The molecule has 1 aliphatic rings. The molecule has 0 unspecified atom stereocenters. The molecule has 0 aromatic rings. The zero-order valence-corrected chi connectivity index (χ0v) is 18.6. The maximum absolute atomic E-state index is 11.9. The Hall–Kier alpha value is 0.696. The molecule has 1 amide bonds. The first kappa shape index (κ1) is 24.7. The van der Waals surface area contributed by atoms with Crippen LogP contribution in [0.15, 0.2) is 0 Å². The van der Waals surface area contributed by atoms with Crippen molar-refractivity contribution in [3.05, 3.63) is 6.92 Å². The van der Waals surface area contributed by atoms with Crippen LogP contribution in [0.5, 0.6) is 0 Å². The summed E-state index contributed by atoms with van der Waals surface area (Å²) in [5.41, 5.74) is 0. The molecule has 5 nitrogen and oxygen atoms in total. The standard InChI is InChI=1S/C18H32NO4.K/c1-3-17(20)15-8-10-16(11-9-15)19-18(21)7-5-12-23-14-6-13-22-4-2;/h15-16H,2-14H2,1H3,(H,19,21);/q-1;+1. The van der Waals surface area contributed by atoms with Crippen LogP contribution in [0, 0.1) is 12.8 Å². The quantitative estimate of drug-likeness (QED) is 0.293. The molecule has 0 spiro atoms. The summed E-state index contributed by atoms with van der Waals surface area (Å²) in [5, 5.41) is 3.08. The average Bonchev–Trinajstić information content (AvgIpc) is 2.57. The van der Waals surface area contributed by atoms with Gasteiger partial charge in [-0.2, -0.15) is 0 Å². The van der Waals surface area contributed by atoms with Crippen LogP contribution in [0.2, 0.25) is 0 Å². The Bertz CT molecular complexity index is 344. The molecule has 0 aliphatic heterocycles. The Morgan fingerprint density at radius 1 is 1.04 bits per heavy atom. The first-order chi connectivity index (χ1) is 11.2. The van der Waals surface area contributed by atoms with Gasteiger partial charge in [-0.25, -0.2) is 0 Å². The zero-order chi connectivity index (χ0) is 16.9. The van der Waals surface area contributed by atoms with Crippen LogP contribution in [-0.4, -0.2) is 44.2 Å². The number of hydrogen-bond acceptors (Lipinski definition) is 4. The van der Waals surface area contributed by atoms with Crippen LogP contribution in [0.25, 0.3) is 0 Å². The van der Waals surface area contributed by atoms with E-state index >= 15 is 0 Å². The minimum atomic E-state index is 0. The number of rotatable bonds is 12. The number of hydrogen-bond donors (Lipinski definition) is 1. The van der Waals surface area contributed by atoms with Crippen LogP contribution >= 0.6 is 0 Å². The molecular formula is C18H32KNO4. The molecule has 0 radical (unpaired) electrons. The molecule has 0 aromatic carbocycles. The Morgan fingerprint density at radius 2 is 1.67 bits per heavy atom. The van der Waals surface area contributed by atoms with Crippen LogP contribution in [0.1, 0.15) is 58.3 Å². The molecule has 1 saturated carbocycles. The number of nitrogens with one attached hydrogen (secondary N) is 1. The number of carbonyl (C=O) groups is 2. The average molecular weight is 366 g/mol. The van der Waals surface area contributed by atoms with E-state index in [2.05, 4.69) is 12.2 Å². The van der Waals surface area contributed by atoms with E-state index in [1.165, 1.54) is 0 Å². The molecule has 1 fully saturated rings. The molecule has 1 rings (SSSR count). The van der Waals surface area contributed by atoms with Gasteiger partial charge in [0.15, 0.2) is 0 Å². The summed E-state index contributed by atoms with van der Waals surface area (Å²) >= 11 is 0. The van der Waals surface area contributed by atoms with E-state index in [1.807, 2.05) is 6.92 Å². The molecule has 0 atom stereocenters. The Morgan fingerprint density at radius 3 is 2.29 bits per heavy atom. The number of carbonyl (C=O) groups excluding carboxylic acids is 2. The summed E-state index contributed by atoms with van der Waals surface area (Å²) < 4.78 is 10.6. The molecule has 1 aliphatic carbocycles. The summed E-state index contributed by atoms with van der Waals surface area (Å²) in [7, 11) is 0. The van der Waals surface area contributed by atoms with Crippen molar-refractivity contribution in [2.75, 3.05) is 26.4 Å². The fourth-order valence-electron chi connectivity index (χ4n) is 2.95. The second kappa shape index (κ2) is 15.9. The second-order valence-electron chi connectivity index (χ2n) is 6.12. The van der Waals surface area contributed by atoms with Gasteiger partial charge in [0.05, 0.1) is 0 Å². The van der Waals surface area contributed by atoms with E-state index in [-0.39, 0.29) is 69.3 Å². The summed E-state index contributed by atoms with van der Waals surface area (Å²) in [6.07, 6.45) is 6.40. The van der Waals surface area contributed by atoms with E-state index in [9.17, 15) is 9.59 Å². The minimum absolute atomic E-state index is 0. The van der Waals surface area contributed by atoms with Crippen molar-refractivity contribution in [3.63, 3.8) is 0 Å². The molecule has 0 aromatic heterocycles. The summed E-state index contributed by atoms with van der Waals surface area (Å²) in [5.74, 6) is 0.681. The predicted octanol–water partition coefficient (Wildman–Crippen LogP) is -0.318. The topological polar surface area (TPSA) is 64.6 Å². The van der Waals surface area contributed by atoms with E-state index in [4.69, 9.17) is 9.47 Å². The van der Waals surface area contributed by atoms with Gasteiger partial charge in [0.25, 0.3) is 0 Å². The van der Waals surface area contributed by atoms with Crippen LogP contribution in [0.4, 0.5) is 0 Å². The largest absolute Gasteiger partial charge is 1.00 e. The van der Waals surface area contributed by atoms with Gasteiger partial charge in [0.2, 0.25) is 5.91 Å². The van der Waals surface area contributed by atoms with Crippen molar-refractivity contribution >= 4 is 11.7 Å². The Kier molecular flexibility index (Phi) is 16.4. The smallest absolute Gasteiger partial charge is 0.413 e. The first-order valence-corrected chi connectivity index (χ1v) is 8.94. The van der Waals surface area contributed by atoms with E-state index in [1.54, 1.807) is 0 Å². The minimum Gasteiger partial charge on any atom is -0.413 e. The molecule has 0 heterocycles. The van der Waals surface area contributed by atoms with Crippen molar-refractivity contribution < 1.29 is 70.4 Å². The molecule has 24 heavy (non-hydrogen) atoms. The van der Waals surface area contributed by atoms with Gasteiger partial charge >= 0.3 is 51.4 Å². The van der Waals surface area contributed by atoms with Gasteiger partial charge in [0, 0.05) is 44.6 Å². The van der Waals surface area contributed by atoms with E-state index in [0.717, 1.165) is 38.5 Å². The Balaban J connectivity index is 0.00000529. The first-order valence-electron chi connectivity index (χ1n) is 8.94.